The van der Waals surface area contributed by atoms with E-state index in [0.29, 0.717) is 23.4 Å². The second-order valence-corrected chi connectivity index (χ2v) is 4.94. The lowest BCUT2D eigenvalue weighted by atomic mass is 10.2. The zero-order valence-electron chi connectivity index (χ0n) is 9.27. The van der Waals surface area contributed by atoms with Crippen molar-refractivity contribution in [3.05, 3.63) is 17.5 Å². The molecule has 0 bridgehead atoms. The molecule has 1 unspecified atom stereocenters. The van der Waals surface area contributed by atoms with Crippen LogP contribution < -0.4 is 5.32 Å². The van der Waals surface area contributed by atoms with Gasteiger partial charge in [0, 0.05) is 19.0 Å². The molecular formula is C11H13ClN4O. The van der Waals surface area contributed by atoms with Crippen LogP contribution in [0.1, 0.15) is 19.3 Å². The number of aromatic nitrogens is 2. The van der Waals surface area contributed by atoms with E-state index in [1.165, 1.54) is 6.20 Å². The lowest BCUT2D eigenvalue weighted by Crippen LogP contribution is -2.29. The number of likely N-dealkylation sites (tertiary alicyclic amines) is 1. The Hall–Kier alpha value is -1.36. The third kappa shape index (κ3) is 2.34. The summed E-state index contributed by atoms with van der Waals surface area (Å²) in [5.41, 5.74) is 0. The SMILES string of the molecule is O=C1CC(Nc2cncc(Cl)n2)CN1C1CC1. The molecule has 0 radical (unpaired) electrons. The molecule has 0 aromatic carbocycles. The van der Waals surface area contributed by atoms with Gasteiger partial charge in [-0.2, -0.15) is 0 Å². The minimum absolute atomic E-state index is 0.121. The van der Waals surface area contributed by atoms with E-state index >= 15 is 0 Å². The Morgan fingerprint density at radius 1 is 1.41 bits per heavy atom. The minimum Gasteiger partial charge on any atom is -0.364 e. The highest BCUT2D eigenvalue weighted by Gasteiger charge is 2.39. The number of halogens is 1. The van der Waals surface area contributed by atoms with E-state index < -0.39 is 0 Å². The summed E-state index contributed by atoms with van der Waals surface area (Å²) in [4.78, 5) is 21.8. The van der Waals surface area contributed by atoms with Crippen LogP contribution in [0.5, 0.6) is 0 Å². The number of carbonyl (C=O) groups excluding carboxylic acids is 1. The number of carbonyl (C=O) groups is 1. The molecule has 1 saturated heterocycles. The summed E-state index contributed by atoms with van der Waals surface area (Å²) in [7, 11) is 0. The summed E-state index contributed by atoms with van der Waals surface area (Å²) < 4.78 is 0. The zero-order chi connectivity index (χ0) is 11.8. The van der Waals surface area contributed by atoms with Crippen molar-refractivity contribution in [2.24, 2.45) is 0 Å². The second-order valence-electron chi connectivity index (χ2n) is 4.55. The van der Waals surface area contributed by atoms with E-state index in [-0.39, 0.29) is 11.9 Å². The van der Waals surface area contributed by atoms with Gasteiger partial charge in [-0.3, -0.25) is 9.78 Å². The molecule has 1 aliphatic carbocycles. The van der Waals surface area contributed by atoms with Gasteiger partial charge in [-0.15, -0.1) is 0 Å². The van der Waals surface area contributed by atoms with Crippen molar-refractivity contribution in [2.45, 2.75) is 31.3 Å². The molecule has 0 spiro atoms. The van der Waals surface area contributed by atoms with E-state index in [2.05, 4.69) is 15.3 Å². The quantitative estimate of drug-likeness (QED) is 0.881. The standard InChI is InChI=1S/C11H13ClN4O/c12-9-4-13-5-10(15-9)14-7-3-11(17)16(6-7)8-1-2-8/h4-5,7-8H,1-3,6H2,(H,14,15). The van der Waals surface area contributed by atoms with Gasteiger partial charge in [-0.25, -0.2) is 4.98 Å². The predicted octanol–water partition coefficient (Wildman–Crippen LogP) is 1.31. The number of nitrogens with zero attached hydrogens (tertiary/aromatic N) is 3. The summed E-state index contributed by atoms with van der Waals surface area (Å²) >= 11 is 5.76. The Morgan fingerprint density at radius 3 is 2.94 bits per heavy atom. The molecule has 3 rings (SSSR count). The van der Waals surface area contributed by atoms with Crippen molar-refractivity contribution in [2.75, 3.05) is 11.9 Å². The molecule has 1 amide bonds. The van der Waals surface area contributed by atoms with Gasteiger partial charge in [0.1, 0.15) is 11.0 Å². The normalized spacial score (nSPS) is 24.2. The van der Waals surface area contributed by atoms with Gasteiger partial charge in [-0.05, 0) is 12.8 Å². The molecule has 5 nitrogen and oxygen atoms in total. The maximum atomic E-state index is 11.7. The first-order chi connectivity index (χ1) is 8.22. The van der Waals surface area contributed by atoms with E-state index in [9.17, 15) is 4.79 Å². The first-order valence-electron chi connectivity index (χ1n) is 5.76. The maximum Gasteiger partial charge on any atom is 0.225 e. The molecule has 1 N–H and O–H groups in total. The van der Waals surface area contributed by atoms with Gasteiger partial charge < -0.3 is 10.2 Å². The molecule has 1 aromatic heterocycles. The number of nitrogens with one attached hydrogen (secondary N) is 1. The van der Waals surface area contributed by atoms with Gasteiger partial charge in [0.2, 0.25) is 5.91 Å². The molecule has 2 aliphatic rings. The monoisotopic (exact) mass is 252 g/mol. The molecular weight excluding hydrogens is 240 g/mol. The Labute approximate surface area is 104 Å². The highest BCUT2D eigenvalue weighted by atomic mass is 35.5. The Bertz CT molecular complexity index is 449. The van der Waals surface area contributed by atoms with E-state index in [1.807, 2.05) is 4.90 Å². The second kappa shape index (κ2) is 4.14. The minimum atomic E-state index is 0.121. The van der Waals surface area contributed by atoms with Crippen molar-refractivity contribution in [3.63, 3.8) is 0 Å². The molecule has 1 aliphatic heterocycles. The Kier molecular flexibility index (Phi) is 2.63. The number of rotatable bonds is 3. The summed E-state index contributed by atoms with van der Waals surface area (Å²) in [5, 5.41) is 3.56. The topological polar surface area (TPSA) is 58.1 Å². The molecule has 17 heavy (non-hydrogen) atoms. The van der Waals surface area contributed by atoms with Gasteiger partial charge in [0.15, 0.2) is 0 Å². The lowest BCUT2D eigenvalue weighted by molar-refractivity contribution is -0.128. The van der Waals surface area contributed by atoms with Crippen LogP contribution in [0, 0.1) is 0 Å². The number of amides is 1. The van der Waals surface area contributed by atoms with Crippen molar-refractivity contribution in [1.82, 2.24) is 14.9 Å². The summed E-state index contributed by atoms with van der Waals surface area (Å²) in [6, 6.07) is 0.607. The van der Waals surface area contributed by atoms with Gasteiger partial charge in [0.05, 0.1) is 18.4 Å². The largest absolute Gasteiger partial charge is 0.364 e. The average molecular weight is 253 g/mol. The summed E-state index contributed by atoms with van der Waals surface area (Å²) in [5.74, 6) is 0.868. The van der Waals surface area contributed by atoms with Crippen molar-refractivity contribution < 1.29 is 4.79 Å². The van der Waals surface area contributed by atoms with Crippen LogP contribution >= 0.6 is 11.6 Å². The van der Waals surface area contributed by atoms with Gasteiger partial charge in [-0.1, -0.05) is 11.6 Å². The van der Waals surface area contributed by atoms with Crippen molar-refractivity contribution in [1.29, 1.82) is 0 Å². The fourth-order valence-electron chi connectivity index (χ4n) is 2.19. The number of anilines is 1. The lowest BCUT2D eigenvalue weighted by Gasteiger charge is -2.16. The molecule has 2 heterocycles. The first-order valence-corrected chi connectivity index (χ1v) is 6.14. The van der Waals surface area contributed by atoms with Crippen LogP contribution in [0.4, 0.5) is 5.82 Å². The highest BCUT2D eigenvalue weighted by Crippen LogP contribution is 2.31. The predicted molar refractivity (Wildman–Crippen MR) is 63.8 cm³/mol. The Morgan fingerprint density at radius 2 is 2.24 bits per heavy atom. The van der Waals surface area contributed by atoms with Crippen molar-refractivity contribution >= 4 is 23.3 Å². The van der Waals surface area contributed by atoms with Gasteiger partial charge >= 0.3 is 0 Å². The van der Waals surface area contributed by atoms with Crippen LogP contribution in [0.25, 0.3) is 0 Å². The van der Waals surface area contributed by atoms with Crippen LogP contribution in [0.3, 0.4) is 0 Å². The number of hydrogen-bond donors (Lipinski definition) is 1. The van der Waals surface area contributed by atoms with Crippen LogP contribution in [-0.2, 0) is 4.79 Å². The molecule has 90 valence electrons. The third-order valence-electron chi connectivity index (χ3n) is 3.10. The van der Waals surface area contributed by atoms with Crippen LogP contribution in [-0.4, -0.2) is 39.4 Å². The smallest absolute Gasteiger partial charge is 0.225 e. The van der Waals surface area contributed by atoms with Crippen LogP contribution in [0.2, 0.25) is 5.15 Å². The molecule has 1 aromatic rings. The van der Waals surface area contributed by atoms with Crippen molar-refractivity contribution in [3.8, 4) is 0 Å². The summed E-state index contributed by atoms with van der Waals surface area (Å²) in [6.07, 6.45) is 5.94. The fraction of sp³-hybridized carbons (Fsp3) is 0.545. The maximum absolute atomic E-state index is 11.7. The molecule has 1 atom stereocenters. The third-order valence-corrected chi connectivity index (χ3v) is 3.29. The van der Waals surface area contributed by atoms with Gasteiger partial charge in [0.25, 0.3) is 0 Å². The fourth-order valence-corrected chi connectivity index (χ4v) is 2.34. The number of hydrogen-bond acceptors (Lipinski definition) is 4. The van der Waals surface area contributed by atoms with E-state index in [4.69, 9.17) is 11.6 Å². The summed E-state index contributed by atoms with van der Waals surface area (Å²) in [6.45, 7) is 0.762. The first kappa shape index (κ1) is 10.8. The van der Waals surface area contributed by atoms with E-state index in [1.54, 1.807) is 6.20 Å². The molecule has 1 saturated carbocycles. The highest BCUT2D eigenvalue weighted by molar-refractivity contribution is 6.29. The molecule has 2 fully saturated rings. The Balaban J connectivity index is 1.65. The zero-order valence-corrected chi connectivity index (χ0v) is 10.0. The van der Waals surface area contributed by atoms with E-state index in [0.717, 1.165) is 19.4 Å². The molecule has 6 heteroatoms. The average Bonchev–Trinajstić information content (AvgIpc) is 3.04. The van der Waals surface area contributed by atoms with Crippen LogP contribution in [0.15, 0.2) is 12.4 Å².